The van der Waals surface area contributed by atoms with Crippen molar-refractivity contribution >= 4 is 28.2 Å². The normalized spacial score (nSPS) is 13.4. The number of ether oxygens (including phenoxy) is 1. The van der Waals surface area contributed by atoms with Crippen LogP contribution >= 0.6 is 11.3 Å². The fourth-order valence-corrected chi connectivity index (χ4v) is 5.32. The molecule has 0 saturated heterocycles. The molecule has 6 nitrogen and oxygen atoms in total. The summed E-state index contributed by atoms with van der Waals surface area (Å²) in [5, 5.41) is 3.49. The van der Waals surface area contributed by atoms with Gasteiger partial charge in [-0.1, -0.05) is 42.5 Å². The van der Waals surface area contributed by atoms with E-state index >= 15 is 0 Å². The van der Waals surface area contributed by atoms with Crippen LogP contribution in [0.3, 0.4) is 0 Å². The van der Waals surface area contributed by atoms with E-state index in [1.807, 2.05) is 49.4 Å². The van der Waals surface area contributed by atoms with Crippen LogP contribution in [0, 0.1) is 0 Å². The molecule has 0 saturated carbocycles. The summed E-state index contributed by atoms with van der Waals surface area (Å²) in [4.78, 5) is 28.4. The number of nitrogens with one attached hydrogen (secondary N) is 1. The number of nitrogens with zero attached hydrogens (tertiary/aromatic N) is 1. The first-order chi connectivity index (χ1) is 15.5. The van der Waals surface area contributed by atoms with Crippen LogP contribution in [0.2, 0.25) is 0 Å². The van der Waals surface area contributed by atoms with E-state index in [-0.39, 0.29) is 12.3 Å². The molecule has 0 unspecified atom stereocenters. The second-order valence-electron chi connectivity index (χ2n) is 7.82. The summed E-state index contributed by atoms with van der Waals surface area (Å²) in [6.45, 7) is 4.96. The maximum Gasteiger partial charge on any atom is 0.251 e. The number of hydrogen-bond donors (Lipinski definition) is 2. The van der Waals surface area contributed by atoms with Crippen molar-refractivity contribution in [3.05, 3.63) is 81.7 Å². The van der Waals surface area contributed by atoms with Gasteiger partial charge in [0.15, 0.2) is 0 Å². The summed E-state index contributed by atoms with van der Waals surface area (Å²) in [6, 6.07) is 17.8. The Morgan fingerprint density at radius 3 is 2.53 bits per heavy atom. The van der Waals surface area contributed by atoms with Crippen molar-refractivity contribution in [3.8, 4) is 5.75 Å². The zero-order valence-electron chi connectivity index (χ0n) is 18.1. The number of nitrogens with two attached hydrogens (primary N) is 1. The Morgan fingerprint density at radius 1 is 1.09 bits per heavy atom. The predicted octanol–water partition coefficient (Wildman–Crippen LogP) is 3.99. The van der Waals surface area contributed by atoms with Crippen LogP contribution < -0.4 is 15.8 Å². The molecule has 2 heterocycles. The van der Waals surface area contributed by atoms with Gasteiger partial charge < -0.3 is 15.8 Å². The molecule has 2 amide bonds. The zero-order chi connectivity index (χ0) is 22.5. The van der Waals surface area contributed by atoms with Crippen molar-refractivity contribution in [2.45, 2.75) is 32.9 Å². The average molecular weight is 450 g/mol. The maximum atomic E-state index is 12.7. The van der Waals surface area contributed by atoms with Crippen molar-refractivity contribution < 1.29 is 14.3 Å². The summed E-state index contributed by atoms with van der Waals surface area (Å²) in [7, 11) is 0. The lowest BCUT2D eigenvalue weighted by Crippen LogP contribution is -2.30. The molecule has 0 fully saturated rings. The van der Waals surface area contributed by atoms with E-state index < -0.39 is 5.91 Å². The van der Waals surface area contributed by atoms with Crippen molar-refractivity contribution in [2.24, 2.45) is 5.73 Å². The van der Waals surface area contributed by atoms with Gasteiger partial charge in [-0.15, -0.1) is 11.3 Å². The number of amides is 2. The molecule has 7 heteroatoms. The summed E-state index contributed by atoms with van der Waals surface area (Å²) in [5.74, 6) is 0.116. The first-order valence-electron chi connectivity index (χ1n) is 10.8. The van der Waals surface area contributed by atoms with Crippen LogP contribution in [0.25, 0.3) is 0 Å². The Morgan fingerprint density at radius 2 is 1.84 bits per heavy atom. The lowest BCUT2D eigenvalue weighted by atomic mass is 10.0. The van der Waals surface area contributed by atoms with E-state index in [1.165, 1.54) is 16.9 Å². The molecular formula is C25H27N3O3S. The van der Waals surface area contributed by atoms with Crippen LogP contribution in [0.1, 0.15) is 38.8 Å². The molecule has 3 aromatic rings. The Hall–Kier alpha value is -3.16. The highest BCUT2D eigenvalue weighted by Crippen LogP contribution is 2.37. The average Bonchev–Trinajstić information content (AvgIpc) is 3.13. The van der Waals surface area contributed by atoms with E-state index in [1.54, 1.807) is 0 Å². The van der Waals surface area contributed by atoms with Gasteiger partial charge in [0.05, 0.1) is 18.6 Å². The fourth-order valence-electron chi connectivity index (χ4n) is 4.01. The quantitative estimate of drug-likeness (QED) is 0.545. The fraction of sp³-hybridized carbons (Fsp3) is 0.280. The van der Waals surface area contributed by atoms with Gasteiger partial charge in [0.1, 0.15) is 10.8 Å². The second kappa shape index (κ2) is 9.97. The second-order valence-corrected chi connectivity index (χ2v) is 8.93. The summed E-state index contributed by atoms with van der Waals surface area (Å²) in [6.07, 6.45) is 0.957. The molecule has 0 atom stereocenters. The number of anilines is 1. The van der Waals surface area contributed by atoms with Gasteiger partial charge in [0.25, 0.3) is 5.91 Å². The molecule has 2 aromatic carbocycles. The summed E-state index contributed by atoms with van der Waals surface area (Å²) >= 11 is 1.46. The van der Waals surface area contributed by atoms with E-state index in [4.69, 9.17) is 10.5 Å². The molecule has 1 aromatic heterocycles. The first-order valence-corrected chi connectivity index (χ1v) is 11.6. The Labute approximate surface area is 192 Å². The molecule has 1 aliphatic heterocycles. The molecule has 0 aliphatic carbocycles. The minimum atomic E-state index is -0.490. The van der Waals surface area contributed by atoms with Crippen molar-refractivity contribution in [1.29, 1.82) is 0 Å². The summed E-state index contributed by atoms with van der Waals surface area (Å²) in [5.41, 5.74) is 9.27. The minimum Gasteiger partial charge on any atom is -0.494 e. The van der Waals surface area contributed by atoms with Gasteiger partial charge in [0, 0.05) is 24.5 Å². The lowest BCUT2D eigenvalue weighted by Gasteiger charge is -2.27. The van der Waals surface area contributed by atoms with Gasteiger partial charge in [-0.25, -0.2) is 0 Å². The van der Waals surface area contributed by atoms with Gasteiger partial charge in [-0.3, -0.25) is 14.5 Å². The third-order valence-corrected chi connectivity index (χ3v) is 6.62. The minimum absolute atomic E-state index is 0.170. The van der Waals surface area contributed by atoms with Crippen LogP contribution in [0.15, 0.2) is 54.6 Å². The molecule has 166 valence electrons. The van der Waals surface area contributed by atoms with Crippen molar-refractivity contribution in [1.82, 2.24) is 4.90 Å². The van der Waals surface area contributed by atoms with Crippen molar-refractivity contribution in [2.75, 3.05) is 18.5 Å². The maximum absolute atomic E-state index is 12.7. The third kappa shape index (κ3) is 5.18. The highest BCUT2D eigenvalue weighted by atomic mass is 32.1. The van der Waals surface area contributed by atoms with E-state index in [0.29, 0.717) is 17.2 Å². The number of carbonyl (C=O) groups is 2. The number of benzene rings is 2. The molecule has 1 aliphatic rings. The number of fused-ring (bicyclic) bond motifs is 1. The van der Waals surface area contributed by atoms with Crippen LogP contribution in [0.4, 0.5) is 5.00 Å². The SMILES string of the molecule is CCOc1ccc(CC(=O)Nc2sc3c(c2C(N)=O)CCN(Cc2ccccc2)C3)cc1. The highest BCUT2D eigenvalue weighted by molar-refractivity contribution is 7.17. The monoisotopic (exact) mass is 449 g/mol. The topological polar surface area (TPSA) is 84.7 Å². The van der Waals surface area contributed by atoms with Gasteiger partial charge in [-0.2, -0.15) is 0 Å². The number of carbonyl (C=O) groups excluding carboxylic acids is 2. The summed E-state index contributed by atoms with van der Waals surface area (Å²) < 4.78 is 5.44. The smallest absolute Gasteiger partial charge is 0.251 e. The number of primary amides is 1. The molecule has 0 bridgehead atoms. The Balaban J connectivity index is 1.46. The molecule has 4 rings (SSSR count). The molecule has 0 radical (unpaired) electrons. The number of thiophene rings is 1. The molecule has 3 N–H and O–H groups in total. The predicted molar refractivity (Wildman–Crippen MR) is 127 cm³/mol. The van der Waals surface area contributed by atoms with Gasteiger partial charge in [0.2, 0.25) is 5.91 Å². The standard InChI is InChI=1S/C25H27N3O3S/c1-2-31-19-10-8-17(9-11-19)14-22(29)27-25-23(24(26)30)20-12-13-28(16-21(20)32-25)15-18-6-4-3-5-7-18/h3-11H,2,12-16H2,1H3,(H2,26,30)(H,27,29). The molecule has 32 heavy (non-hydrogen) atoms. The molecular weight excluding hydrogens is 422 g/mol. The number of rotatable bonds is 8. The van der Waals surface area contributed by atoms with Crippen LogP contribution in [-0.2, 0) is 30.7 Å². The number of hydrogen-bond acceptors (Lipinski definition) is 5. The Kier molecular flexibility index (Phi) is 6.87. The first kappa shape index (κ1) is 22.0. The van der Waals surface area contributed by atoms with Crippen LogP contribution in [0.5, 0.6) is 5.75 Å². The van der Waals surface area contributed by atoms with Gasteiger partial charge >= 0.3 is 0 Å². The van der Waals surface area contributed by atoms with E-state index in [9.17, 15) is 9.59 Å². The van der Waals surface area contributed by atoms with Gasteiger partial charge in [-0.05, 0) is 42.2 Å². The largest absolute Gasteiger partial charge is 0.494 e. The van der Waals surface area contributed by atoms with E-state index in [2.05, 4.69) is 22.3 Å². The third-order valence-electron chi connectivity index (χ3n) is 5.48. The van der Waals surface area contributed by atoms with E-state index in [0.717, 1.165) is 47.8 Å². The van der Waals surface area contributed by atoms with Crippen LogP contribution in [-0.4, -0.2) is 29.9 Å². The lowest BCUT2D eigenvalue weighted by molar-refractivity contribution is -0.115. The van der Waals surface area contributed by atoms with Crippen molar-refractivity contribution in [3.63, 3.8) is 0 Å². The zero-order valence-corrected chi connectivity index (χ0v) is 18.9. The highest BCUT2D eigenvalue weighted by Gasteiger charge is 2.27. The molecule has 0 spiro atoms. The Bertz CT molecular complexity index is 1090.